The van der Waals surface area contributed by atoms with Gasteiger partial charge < -0.3 is 14.5 Å². The van der Waals surface area contributed by atoms with Crippen LogP contribution >= 0.6 is 0 Å². The van der Waals surface area contributed by atoms with Gasteiger partial charge in [-0.25, -0.2) is 4.79 Å². The first-order chi connectivity index (χ1) is 14.9. The Morgan fingerprint density at radius 3 is 2.06 bits per heavy atom. The fourth-order valence-electron chi connectivity index (χ4n) is 3.45. The molecule has 0 bridgehead atoms. The van der Waals surface area contributed by atoms with Gasteiger partial charge in [-0.05, 0) is 36.4 Å². The van der Waals surface area contributed by atoms with Crippen LogP contribution in [0.2, 0.25) is 0 Å². The summed E-state index contributed by atoms with van der Waals surface area (Å²) >= 11 is 0. The van der Waals surface area contributed by atoms with Crippen molar-refractivity contribution in [2.75, 3.05) is 38.2 Å². The molecule has 5 nitrogen and oxygen atoms in total. The zero-order chi connectivity index (χ0) is 23.7. The summed E-state index contributed by atoms with van der Waals surface area (Å²) in [7, 11) is 1.06. The van der Waals surface area contributed by atoms with E-state index in [1.54, 1.807) is 0 Å². The zero-order valence-corrected chi connectivity index (χ0v) is 16.8. The Bertz CT molecular complexity index is 1010. The van der Waals surface area contributed by atoms with Crippen molar-refractivity contribution in [2.45, 2.75) is 12.4 Å². The van der Waals surface area contributed by atoms with Crippen LogP contribution in [0.4, 0.5) is 32.0 Å². The number of benzene rings is 2. The fourth-order valence-corrected chi connectivity index (χ4v) is 3.45. The number of amides is 1. The van der Waals surface area contributed by atoms with Crippen molar-refractivity contribution in [2.24, 2.45) is 0 Å². The van der Waals surface area contributed by atoms with Crippen LogP contribution in [0.5, 0.6) is 0 Å². The molecular formula is C21H18F6N2O3. The number of carbonyl (C=O) groups excluding carboxylic acids is 2. The van der Waals surface area contributed by atoms with Gasteiger partial charge in [0.1, 0.15) is 0 Å². The average Bonchev–Trinajstić information content (AvgIpc) is 2.76. The Balaban J connectivity index is 1.77. The maximum Gasteiger partial charge on any atom is 0.418 e. The van der Waals surface area contributed by atoms with Crippen LogP contribution in [0.15, 0.2) is 42.5 Å². The molecule has 0 atom stereocenters. The van der Waals surface area contributed by atoms with Crippen LogP contribution in [-0.4, -0.2) is 50.1 Å². The quantitative estimate of drug-likeness (QED) is 0.501. The summed E-state index contributed by atoms with van der Waals surface area (Å²) in [5.74, 6) is -1.54. The molecule has 2 aromatic carbocycles. The Morgan fingerprint density at radius 1 is 0.844 bits per heavy atom. The van der Waals surface area contributed by atoms with Gasteiger partial charge >= 0.3 is 18.3 Å². The Hall–Kier alpha value is -3.24. The van der Waals surface area contributed by atoms with Gasteiger partial charge in [0, 0.05) is 37.4 Å². The Morgan fingerprint density at radius 2 is 1.50 bits per heavy atom. The number of alkyl halides is 6. The van der Waals surface area contributed by atoms with Crippen molar-refractivity contribution < 1.29 is 40.7 Å². The molecule has 0 radical (unpaired) electrons. The third-order valence-electron chi connectivity index (χ3n) is 5.07. The molecular weight excluding hydrogens is 442 g/mol. The molecule has 2 aromatic rings. The van der Waals surface area contributed by atoms with Gasteiger partial charge in [0.15, 0.2) is 0 Å². The van der Waals surface area contributed by atoms with E-state index in [4.69, 9.17) is 0 Å². The smallest absolute Gasteiger partial charge is 0.418 e. The number of carbonyl (C=O) groups is 2. The van der Waals surface area contributed by atoms with Crippen LogP contribution in [0.1, 0.15) is 31.8 Å². The highest BCUT2D eigenvalue weighted by Crippen LogP contribution is 2.38. The van der Waals surface area contributed by atoms with E-state index in [9.17, 15) is 35.9 Å². The largest absolute Gasteiger partial charge is 0.465 e. The summed E-state index contributed by atoms with van der Waals surface area (Å²) in [5.41, 5.74) is -2.52. The van der Waals surface area contributed by atoms with Gasteiger partial charge in [-0.2, -0.15) is 26.3 Å². The van der Waals surface area contributed by atoms with Crippen LogP contribution in [0.25, 0.3) is 0 Å². The maximum absolute atomic E-state index is 13.6. The normalized spacial score (nSPS) is 15.0. The number of rotatable bonds is 3. The summed E-state index contributed by atoms with van der Waals surface area (Å²) in [4.78, 5) is 26.9. The Labute approximate surface area is 179 Å². The minimum atomic E-state index is -4.73. The molecule has 1 saturated heterocycles. The van der Waals surface area contributed by atoms with Gasteiger partial charge in [0.2, 0.25) is 0 Å². The molecule has 1 fully saturated rings. The molecule has 11 heteroatoms. The molecule has 3 rings (SSSR count). The van der Waals surface area contributed by atoms with E-state index in [0.717, 1.165) is 25.3 Å². The molecule has 1 heterocycles. The standard InChI is InChI=1S/C21H18F6N2O3/c1-32-19(31)14-5-6-17(16(12-14)21(25,26)27)28-7-9-29(10-8-28)18(30)13-3-2-4-15(11-13)20(22,23)24/h2-6,11-12H,7-10H2,1H3. The maximum atomic E-state index is 13.6. The third-order valence-corrected chi connectivity index (χ3v) is 5.07. The van der Waals surface area contributed by atoms with Gasteiger partial charge in [-0.15, -0.1) is 0 Å². The van der Waals surface area contributed by atoms with E-state index in [-0.39, 0.29) is 43.0 Å². The van der Waals surface area contributed by atoms with Gasteiger partial charge in [-0.3, -0.25) is 4.79 Å². The number of ether oxygens (including phenoxy) is 1. The highest BCUT2D eigenvalue weighted by molar-refractivity contribution is 5.94. The lowest BCUT2D eigenvalue weighted by molar-refractivity contribution is -0.138. The predicted octanol–water partition coefficient (Wildman–Crippen LogP) is 4.47. The molecule has 32 heavy (non-hydrogen) atoms. The second kappa shape index (κ2) is 8.71. The summed E-state index contributed by atoms with van der Waals surface area (Å²) in [6, 6.07) is 7.09. The minimum Gasteiger partial charge on any atom is -0.465 e. The monoisotopic (exact) mass is 460 g/mol. The minimum absolute atomic E-state index is 0.0190. The zero-order valence-electron chi connectivity index (χ0n) is 16.8. The van der Waals surface area contributed by atoms with E-state index in [1.165, 1.54) is 28.0 Å². The number of methoxy groups -OCH3 is 1. The van der Waals surface area contributed by atoms with Crippen molar-refractivity contribution in [1.29, 1.82) is 0 Å². The third kappa shape index (κ3) is 4.97. The fraction of sp³-hybridized carbons (Fsp3) is 0.333. The summed E-state index contributed by atoms with van der Waals surface area (Å²) in [6.45, 7) is 0.104. The molecule has 0 aliphatic carbocycles. The topological polar surface area (TPSA) is 49.9 Å². The van der Waals surface area contributed by atoms with Gasteiger partial charge in [0.05, 0.1) is 23.8 Å². The predicted molar refractivity (Wildman–Crippen MR) is 102 cm³/mol. The van der Waals surface area contributed by atoms with Gasteiger partial charge in [0.25, 0.3) is 5.91 Å². The van der Waals surface area contributed by atoms with Crippen LogP contribution < -0.4 is 4.90 Å². The van der Waals surface area contributed by atoms with E-state index < -0.39 is 35.4 Å². The number of piperazine rings is 1. The van der Waals surface area contributed by atoms with E-state index in [1.807, 2.05) is 0 Å². The summed E-state index contributed by atoms with van der Waals surface area (Å²) in [6.07, 6.45) is -9.33. The highest BCUT2D eigenvalue weighted by atomic mass is 19.4. The molecule has 1 aliphatic heterocycles. The average molecular weight is 460 g/mol. The van der Waals surface area contributed by atoms with Gasteiger partial charge in [-0.1, -0.05) is 6.07 Å². The van der Waals surface area contributed by atoms with Crippen molar-refractivity contribution >= 4 is 17.6 Å². The van der Waals surface area contributed by atoms with Crippen molar-refractivity contribution in [3.63, 3.8) is 0 Å². The lowest BCUT2D eigenvalue weighted by atomic mass is 10.1. The second-order valence-electron chi connectivity index (χ2n) is 7.08. The molecule has 1 aliphatic rings. The lowest BCUT2D eigenvalue weighted by Gasteiger charge is -2.37. The first-order valence-corrected chi connectivity index (χ1v) is 9.43. The molecule has 0 N–H and O–H groups in total. The number of anilines is 1. The Kier molecular flexibility index (Phi) is 6.38. The SMILES string of the molecule is COC(=O)c1ccc(N2CCN(C(=O)c3cccc(C(F)(F)F)c3)CC2)c(C(F)(F)F)c1. The lowest BCUT2D eigenvalue weighted by Crippen LogP contribution is -2.49. The number of hydrogen-bond acceptors (Lipinski definition) is 4. The highest BCUT2D eigenvalue weighted by Gasteiger charge is 2.37. The van der Waals surface area contributed by atoms with Crippen molar-refractivity contribution in [3.05, 3.63) is 64.7 Å². The van der Waals surface area contributed by atoms with E-state index >= 15 is 0 Å². The molecule has 1 amide bonds. The number of esters is 1. The second-order valence-corrected chi connectivity index (χ2v) is 7.08. The number of nitrogens with zero attached hydrogens (tertiary/aromatic N) is 2. The van der Waals surface area contributed by atoms with E-state index in [2.05, 4.69) is 4.74 Å². The first-order valence-electron chi connectivity index (χ1n) is 9.43. The first kappa shape index (κ1) is 23.4. The van der Waals surface area contributed by atoms with Crippen LogP contribution in [0.3, 0.4) is 0 Å². The summed E-state index contributed by atoms with van der Waals surface area (Å²) in [5, 5.41) is 0. The molecule has 0 spiro atoms. The number of hydrogen-bond donors (Lipinski definition) is 0. The van der Waals surface area contributed by atoms with E-state index in [0.29, 0.717) is 6.07 Å². The molecule has 0 aromatic heterocycles. The molecule has 172 valence electrons. The van der Waals surface area contributed by atoms with Crippen LogP contribution in [0, 0.1) is 0 Å². The van der Waals surface area contributed by atoms with Crippen LogP contribution in [-0.2, 0) is 17.1 Å². The number of halogens is 6. The van der Waals surface area contributed by atoms with Crippen molar-refractivity contribution in [1.82, 2.24) is 4.90 Å². The molecule has 0 saturated carbocycles. The molecule has 0 unspecified atom stereocenters. The summed E-state index contributed by atoms with van der Waals surface area (Å²) < 4.78 is 83.9. The van der Waals surface area contributed by atoms with Crippen molar-refractivity contribution in [3.8, 4) is 0 Å².